The molecule has 0 spiro atoms. The fraction of sp³-hybridized carbons (Fsp3) is 0.222. The fourth-order valence-corrected chi connectivity index (χ4v) is 1.47. The number of hydrogen-bond donors (Lipinski definition) is 1. The molecule has 1 aromatic rings. The zero-order valence-electron chi connectivity index (χ0n) is 6.97. The molecular formula is C9H8BrFO2. The summed E-state index contributed by atoms with van der Waals surface area (Å²) in [5.74, 6) is -1.26. The molecular weight excluding hydrogens is 239 g/mol. The lowest BCUT2D eigenvalue weighted by Crippen LogP contribution is -2.01. The Morgan fingerprint density at radius 1 is 1.62 bits per heavy atom. The molecule has 1 aromatic carbocycles. The van der Waals surface area contributed by atoms with Crippen LogP contribution in [0.2, 0.25) is 0 Å². The molecule has 0 amide bonds. The van der Waals surface area contributed by atoms with Crippen LogP contribution in [0.5, 0.6) is 0 Å². The summed E-state index contributed by atoms with van der Waals surface area (Å²) in [6, 6.07) is 2.82. The van der Waals surface area contributed by atoms with Gasteiger partial charge in [0.15, 0.2) is 0 Å². The number of rotatable bonds is 2. The van der Waals surface area contributed by atoms with E-state index < -0.39 is 5.97 Å². The van der Waals surface area contributed by atoms with Crippen molar-refractivity contribution in [3.05, 3.63) is 33.5 Å². The number of carbonyl (C=O) groups is 1. The Bertz CT molecular complexity index is 350. The van der Waals surface area contributed by atoms with Gasteiger partial charge in [-0.3, -0.25) is 4.79 Å². The monoisotopic (exact) mass is 246 g/mol. The highest BCUT2D eigenvalue weighted by Crippen LogP contribution is 2.21. The third-order valence-corrected chi connectivity index (χ3v) is 2.41. The van der Waals surface area contributed by atoms with Crippen LogP contribution in [0.15, 0.2) is 16.6 Å². The van der Waals surface area contributed by atoms with Crippen molar-refractivity contribution < 1.29 is 14.3 Å². The van der Waals surface area contributed by atoms with E-state index in [4.69, 9.17) is 5.11 Å². The quantitative estimate of drug-likeness (QED) is 0.871. The van der Waals surface area contributed by atoms with Crippen LogP contribution in [0.1, 0.15) is 11.1 Å². The number of aliphatic carboxylic acids is 1. The lowest BCUT2D eigenvalue weighted by Gasteiger charge is -2.03. The van der Waals surface area contributed by atoms with E-state index in [-0.39, 0.29) is 12.2 Å². The van der Waals surface area contributed by atoms with Crippen molar-refractivity contribution >= 4 is 21.9 Å². The van der Waals surface area contributed by atoms with Gasteiger partial charge in [-0.25, -0.2) is 4.39 Å². The minimum atomic E-state index is -0.924. The van der Waals surface area contributed by atoms with Crippen molar-refractivity contribution in [1.82, 2.24) is 0 Å². The third kappa shape index (κ3) is 2.52. The van der Waals surface area contributed by atoms with Crippen molar-refractivity contribution in [1.29, 1.82) is 0 Å². The molecule has 0 bridgehead atoms. The average molecular weight is 247 g/mol. The number of halogens is 2. The summed E-state index contributed by atoms with van der Waals surface area (Å²) in [5.41, 5.74) is 1.05. The summed E-state index contributed by atoms with van der Waals surface area (Å²) >= 11 is 3.11. The van der Waals surface area contributed by atoms with Crippen LogP contribution in [-0.4, -0.2) is 11.1 Å². The summed E-state index contributed by atoms with van der Waals surface area (Å²) in [5, 5.41) is 8.54. The first kappa shape index (κ1) is 10.2. The molecule has 0 saturated carbocycles. The second-order valence-electron chi connectivity index (χ2n) is 2.76. The van der Waals surface area contributed by atoms with Gasteiger partial charge in [-0.2, -0.15) is 0 Å². The number of carboxylic acids is 1. The molecule has 0 unspecified atom stereocenters. The molecule has 0 aliphatic heterocycles. The lowest BCUT2D eigenvalue weighted by molar-refractivity contribution is -0.136. The van der Waals surface area contributed by atoms with Crippen LogP contribution < -0.4 is 0 Å². The lowest BCUT2D eigenvalue weighted by atomic mass is 10.1. The van der Waals surface area contributed by atoms with Crippen LogP contribution in [0.25, 0.3) is 0 Å². The molecule has 0 fully saturated rings. The SMILES string of the molecule is Cc1cc(CC(=O)O)c(Br)cc1F. The molecule has 0 saturated heterocycles. The first-order chi connectivity index (χ1) is 6.00. The predicted molar refractivity (Wildman–Crippen MR) is 50.2 cm³/mol. The highest BCUT2D eigenvalue weighted by molar-refractivity contribution is 9.10. The molecule has 0 heterocycles. The van der Waals surface area contributed by atoms with Crippen LogP contribution in [0.3, 0.4) is 0 Å². The van der Waals surface area contributed by atoms with E-state index in [1.807, 2.05) is 0 Å². The van der Waals surface area contributed by atoms with Crippen molar-refractivity contribution in [2.75, 3.05) is 0 Å². The van der Waals surface area contributed by atoms with Gasteiger partial charge in [0.25, 0.3) is 0 Å². The van der Waals surface area contributed by atoms with Gasteiger partial charge in [-0.05, 0) is 24.1 Å². The Labute approximate surface area is 83.5 Å². The summed E-state index contributed by atoms with van der Waals surface area (Å²) in [7, 11) is 0. The number of carboxylic acid groups (broad SMARTS) is 1. The van der Waals surface area contributed by atoms with E-state index in [9.17, 15) is 9.18 Å². The fourth-order valence-electron chi connectivity index (χ4n) is 1.02. The average Bonchev–Trinajstić information content (AvgIpc) is 1.99. The first-order valence-electron chi connectivity index (χ1n) is 3.67. The Balaban J connectivity index is 3.08. The third-order valence-electron chi connectivity index (χ3n) is 1.67. The number of benzene rings is 1. The molecule has 2 nitrogen and oxygen atoms in total. The maximum Gasteiger partial charge on any atom is 0.307 e. The molecule has 1 N–H and O–H groups in total. The Morgan fingerprint density at radius 2 is 2.23 bits per heavy atom. The van der Waals surface area contributed by atoms with Gasteiger partial charge in [0.1, 0.15) is 5.82 Å². The van der Waals surface area contributed by atoms with Gasteiger partial charge in [0, 0.05) is 4.47 Å². The van der Waals surface area contributed by atoms with Crippen molar-refractivity contribution in [3.63, 3.8) is 0 Å². The molecule has 4 heteroatoms. The molecule has 0 radical (unpaired) electrons. The zero-order chi connectivity index (χ0) is 10.0. The zero-order valence-corrected chi connectivity index (χ0v) is 8.56. The molecule has 0 aliphatic carbocycles. The van der Waals surface area contributed by atoms with Gasteiger partial charge in [-0.15, -0.1) is 0 Å². The summed E-state index contributed by atoms with van der Waals surface area (Å²) in [4.78, 5) is 10.4. The number of aryl methyl sites for hydroxylation is 1. The highest BCUT2D eigenvalue weighted by Gasteiger charge is 2.08. The van der Waals surface area contributed by atoms with Crippen molar-refractivity contribution in [3.8, 4) is 0 Å². The molecule has 13 heavy (non-hydrogen) atoms. The van der Waals surface area contributed by atoms with Gasteiger partial charge >= 0.3 is 5.97 Å². The van der Waals surface area contributed by atoms with E-state index in [0.29, 0.717) is 15.6 Å². The second kappa shape index (κ2) is 3.87. The highest BCUT2D eigenvalue weighted by atomic mass is 79.9. The van der Waals surface area contributed by atoms with Crippen molar-refractivity contribution in [2.24, 2.45) is 0 Å². The van der Waals surface area contributed by atoms with E-state index in [2.05, 4.69) is 15.9 Å². The topological polar surface area (TPSA) is 37.3 Å². The summed E-state index contributed by atoms with van der Waals surface area (Å²) in [6.45, 7) is 1.60. The summed E-state index contributed by atoms with van der Waals surface area (Å²) in [6.07, 6.45) is -0.0955. The van der Waals surface area contributed by atoms with E-state index in [1.165, 1.54) is 12.1 Å². The maximum atomic E-state index is 12.9. The number of hydrogen-bond acceptors (Lipinski definition) is 1. The molecule has 1 rings (SSSR count). The Morgan fingerprint density at radius 3 is 2.77 bits per heavy atom. The van der Waals surface area contributed by atoms with Crippen LogP contribution >= 0.6 is 15.9 Å². The molecule has 0 aromatic heterocycles. The van der Waals surface area contributed by atoms with E-state index in [0.717, 1.165) is 0 Å². The van der Waals surface area contributed by atoms with E-state index >= 15 is 0 Å². The Hall–Kier alpha value is -0.900. The van der Waals surface area contributed by atoms with Crippen LogP contribution in [0.4, 0.5) is 4.39 Å². The summed E-state index contributed by atoms with van der Waals surface area (Å²) < 4.78 is 13.4. The van der Waals surface area contributed by atoms with Gasteiger partial charge < -0.3 is 5.11 Å². The van der Waals surface area contributed by atoms with Gasteiger partial charge in [0.05, 0.1) is 6.42 Å². The van der Waals surface area contributed by atoms with Crippen molar-refractivity contribution in [2.45, 2.75) is 13.3 Å². The standard InChI is InChI=1S/C9H8BrFO2/c1-5-2-6(3-9(12)13)7(10)4-8(5)11/h2,4H,3H2,1H3,(H,12,13). The predicted octanol–water partition coefficient (Wildman–Crippen LogP) is 2.52. The molecule has 0 atom stereocenters. The van der Waals surface area contributed by atoms with Gasteiger partial charge in [-0.1, -0.05) is 22.0 Å². The Kier molecular flexibility index (Phi) is 3.03. The minimum Gasteiger partial charge on any atom is -0.481 e. The van der Waals surface area contributed by atoms with Crippen LogP contribution in [0, 0.1) is 12.7 Å². The van der Waals surface area contributed by atoms with Crippen LogP contribution in [-0.2, 0) is 11.2 Å². The second-order valence-corrected chi connectivity index (χ2v) is 3.62. The molecule has 70 valence electrons. The minimum absolute atomic E-state index is 0.0955. The smallest absolute Gasteiger partial charge is 0.307 e. The largest absolute Gasteiger partial charge is 0.481 e. The van der Waals surface area contributed by atoms with E-state index in [1.54, 1.807) is 6.92 Å². The van der Waals surface area contributed by atoms with Gasteiger partial charge in [0.2, 0.25) is 0 Å². The molecule has 0 aliphatic rings. The first-order valence-corrected chi connectivity index (χ1v) is 4.46. The maximum absolute atomic E-state index is 12.9. The normalized spacial score (nSPS) is 10.1.